The molecule has 1 fully saturated rings. The van der Waals surface area contributed by atoms with Gasteiger partial charge in [0.05, 0.1) is 14.1 Å². The van der Waals surface area contributed by atoms with Gasteiger partial charge >= 0.3 is 5.97 Å². The van der Waals surface area contributed by atoms with Crippen LogP contribution < -0.4 is 0 Å². The van der Waals surface area contributed by atoms with Crippen LogP contribution in [-0.4, -0.2) is 37.0 Å². The van der Waals surface area contributed by atoms with Gasteiger partial charge in [-0.15, -0.1) is 0 Å². The van der Waals surface area contributed by atoms with Gasteiger partial charge in [-0.25, -0.2) is 4.79 Å². The number of carbonyl (C=O) groups is 1. The van der Waals surface area contributed by atoms with Crippen molar-refractivity contribution in [2.75, 3.05) is 6.61 Å². The highest BCUT2D eigenvalue weighted by Gasteiger charge is 2.42. The summed E-state index contributed by atoms with van der Waals surface area (Å²) >= 11 is 1.61. The molecule has 3 atom stereocenters. The molecule has 1 saturated heterocycles. The Morgan fingerprint density at radius 1 is 1.10 bits per heavy atom. The van der Waals surface area contributed by atoms with Crippen LogP contribution in [0, 0.1) is 0 Å². The molecule has 31 heavy (non-hydrogen) atoms. The van der Waals surface area contributed by atoms with E-state index in [-0.39, 0.29) is 23.4 Å². The average Bonchev–Trinajstić information content (AvgIpc) is 2.75. The Balaban J connectivity index is 1.97. The smallest absolute Gasteiger partial charge is 0.334 e. The maximum Gasteiger partial charge on any atom is 0.334 e. The van der Waals surface area contributed by atoms with Crippen molar-refractivity contribution in [3.8, 4) is 0 Å². The predicted molar refractivity (Wildman–Crippen MR) is 134 cm³/mol. The number of rotatable bonds is 9. The molecule has 0 amide bonds. The summed E-state index contributed by atoms with van der Waals surface area (Å²) in [4.78, 5) is 16.6. The van der Waals surface area contributed by atoms with Crippen molar-refractivity contribution in [2.24, 2.45) is 0 Å². The molecule has 0 spiro atoms. The third kappa shape index (κ3) is 6.83. The molecule has 1 aliphatic heterocycles. The molecule has 1 unspecified atom stereocenters. The number of esters is 1. The first-order chi connectivity index (χ1) is 14.9. The van der Waals surface area contributed by atoms with E-state index >= 15 is 0 Å². The second-order valence-electron chi connectivity index (χ2n) is 9.23. The molecule has 2 aromatic rings. The molecule has 0 aliphatic carbocycles. The Morgan fingerprint density at radius 3 is 2.35 bits per heavy atom. The van der Waals surface area contributed by atoms with Crippen molar-refractivity contribution in [3.63, 3.8) is 0 Å². The van der Waals surface area contributed by atoms with Crippen molar-refractivity contribution in [3.05, 3.63) is 78.0 Å². The zero-order valence-corrected chi connectivity index (χ0v) is 21.0. The minimum Gasteiger partial charge on any atom is -0.462 e. The minimum absolute atomic E-state index is 0.0666. The van der Waals surface area contributed by atoms with Gasteiger partial charge in [0.2, 0.25) is 0 Å². The maximum absolute atomic E-state index is 13.0. The summed E-state index contributed by atoms with van der Waals surface area (Å²) in [5.41, 5.74) is 3.64. The van der Waals surface area contributed by atoms with Crippen LogP contribution in [0.5, 0.6) is 0 Å². The fraction of sp³-hybridized carbons (Fsp3) is 0.423. The number of nitrogens with zero attached hydrogens (tertiary/aromatic N) is 1. The van der Waals surface area contributed by atoms with Crippen molar-refractivity contribution in [2.45, 2.75) is 68.2 Å². The quantitative estimate of drug-likeness (QED) is 0.312. The number of hydrogen-bond acceptors (Lipinski definition) is 4. The molecule has 3 nitrogen and oxygen atoms in total. The van der Waals surface area contributed by atoms with E-state index in [1.54, 1.807) is 11.8 Å². The van der Waals surface area contributed by atoms with Crippen LogP contribution in [0.3, 0.4) is 0 Å². The summed E-state index contributed by atoms with van der Waals surface area (Å²) in [6.45, 7) is 9.72. The van der Waals surface area contributed by atoms with Gasteiger partial charge in [-0.2, -0.15) is 0 Å². The lowest BCUT2D eigenvalue weighted by Crippen LogP contribution is -2.53. The highest BCUT2D eigenvalue weighted by Crippen LogP contribution is 2.39. The Morgan fingerprint density at radius 2 is 1.74 bits per heavy atom. The molecule has 0 bridgehead atoms. The van der Waals surface area contributed by atoms with Gasteiger partial charge in [0.15, 0.2) is 5.37 Å². The van der Waals surface area contributed by atoms with Crippen LogP contribution in [0.2, 0.25) is 19.6 Å². The lowest BCUT2D eigenvalue weighted by atomic mass is 9.98. The molecule has 0 saturated carbocycles. The van der Waals surface area contributed by atoms with Gasteiger partial charge in [-0.3, -0.25) is 4.90 Å². The topological polar surface area (TPSA) is 29.5 Å². The number of morpholine rings is 1. The summed E-state index contributed by atoms with van der Waals surface area (Å²) in [7, 11) is -1.26. The van der Waals surface area contributed by atoms with Crippen molar-refractivity contribution < 1.29 is 9.53 Å². The molecule has 1 aliphatic rings. The van der Waals surface area contributed by atoms with Crippen LogP contribution in [0.25, 0.3) is 0 Å². The van der Waals surface area contributed by atoms with Crippen molar-refractivity contribution in [1.82, 2.24) is 4.90 Å². The standard InChI is InChI=1S/C26H35NO2SSi/c1-5-13-22(16-12-19-31(2,3)4)27-24(21-14-8-6-9-15-21)20-29-26(28)25(27)30-23-17-10-7-11-18-23/h6-12,14-15,17-19,22,24-25H,5,13,16,20H2,1-4H3/b19-12+/t22-,24-,25?/m1/s1. The van der Waals surface area contributed by atoms with Gasteiger partial charge < -0.3 is 4.74 Å². The Labute approximate surface area is 192 Å². The predicted octanol–water partition coefficient (Wildman–Crippen LogP) is 6.70. The third-order valence-electron chi connectivity index (χ3n) is 5.46. The molecule has 2 aromatic carbocycles. The van der Waals surface area contributed by atoms with Gasteiger partial charge in [-0.05, 0) is 30.5 Å². The second-order valence-corrected chi connectivity index (χ2v) is 15.5. The van der Waals surface area contributed by atoms with Crippen LogP contribution in [0.15, 0.2) is 77.3 Å². The number of thioether (sulfide) groups is 1. The normalized spacial score (nSPS) is 21.2. The third-order valence-corrected chi connectivity index (χ3v) is 7.90. The van der Waals surface area contributed by atoms with Gasteiger partial charge in [0.1, 0.15) is 6.61 Å². The van der Waals surface area contributed by atoms with E-state index in [9.17, 15) is 4.79 Å². The van der Waals surface area contributed by atoms with Gasteiger partial charge in [0.25, 0.3) is 0 Å². The number of ether oxygens (including phenoxy) is 1. The highest BCUT2D eigenvalue weighted by molar-refractivity contribution is 8.00. The van der Waals surface area contributed by atoms with Crippen LogP contribution in [0.1, 0.15) is 37.8 Å². The van der Waals surface area contributed by atoms with Crippen LogP contribution in [-0.2, 0) is 9.53 Å². The minimum atomic E-state index is -1.26. The summed E-state index contributed by atoms with van der Waals surface area (Å²) in [5, 5.41) is -0.349. The summed E-state index contributed by atoms with van der Waals surface area (Å²) in [6.07, 6.45) is 5.46. The zero-order valence-electron chi connectivity index (χ0n) is 19.2. The van der Waals surface area contributed by atoms with E-state index in [1.807, 2.05) is 24.3 Å². The first-order valence-corrected chi connectivity index (χ1v) is 15.7. The largest absolute Gasteiger partial charge is 0.462 e. The number of hydrogen-bond donors (Lipinski definition) is 0. The first kappa shape index (κ1) is 23.8. The maximum atomic E-state index is 13.0. The molecule has 3 rings (SSSR count). The van der Waals surface area contributed by atoms with Crippen LogP contribution in [0.4, 0.5) is 0 Å². The van der Waals surface area contributed by atoms with Gasteiger partial charge in [-0.1, -0.05) is 105 Å². The lowest BCUT2D eigenvalue weighted by molar-refractivity contribution is -0.159. The fourth-order valence-electron chi connectivity index (χ4n) is 4.03. The van der Waals surface area contributed by atoms with E-state index in [0.29, 0.717) is 6.61 Å². The molecular weight excluding hydrogens is 418 g/mol. The first-order valence-electron chi connectivity index (χ1n) is 11.3. The van der Waals surface area contributed by atoms with E-state index in [1.165, 1.54) is 5.56 Å². The Bertz CT molecular complexity index is 851. The second kappa shape index (κ2) is 11.2. The number of carbonyl (C=O) groups excluding carboxylic acids is 1. The van der Waals surface area contributed by atoms with E-state index in [2.05, 4.69) is 79.6 Å². The van der Waals surface area contributed by atoms with E-state index in [0.717, 1.165) is 24.2 Å². The van der Waals surface area contributed by atoms with Crippen LogP contribution >= 0.6 is 11.8 Å². The highest BCUT2D eigenvalue weighted by atomic mass is 32.2. The zero-order chi connectivity index (χ0) is 22.3. The average molecular weight is 454 g/mol. The summed E-state index contributed by atoms with van der Waals surface area (Å²) in [6, 6.07) is 21.1. The Kier molecular flexibility index (Phi) is 8.58. The molecule has 0 radical (unpaired) electrons. The molecule has 0 N–H and O–H groups in total. The summed E-state index contributed by atoms with van der Waals surface area (Å²) in [5.74, 6) is -0.128. The molecular formula is C26H35NO2SSi. The number of cyclic esters (lactones) is 1. The molecule has 166 valence electrons. The number of benzene rings is 2. The fourth-order valence-corrected chi connectivity index (χ4v) is 6.05. The molecule has 5 heteroatoms. The van der Waals surface area contributed by atoms with E-state index in [4.69, 9.17) is 4.74 Å². The SMILES string of the molecule is CCC[C@H](C/C=C/[Si](C)(C)C)N1C(Sc2ccccc2)C(=O)OC[C@@H]1c1ccccc1. The molecule has 0 aromatic heterocycles. The van der Waals surface area contributed by atoms with Gasteiger partial charge in [0, 0.05) is 10.9 Å². The van der Waals surface area contributed by atoms with E-state index < -0.39 is 8.07 Å². The monoisotopic (exact) mass is 453 g/mol. The molecule has 1 heterocycles. The van der Waals surface area contributed by atoms with Crippen molar-refractivity contribution >= 4 is 25.8 Å². The lowest BCUT2D eigenvalue weighted by Gasteiger charge is -2.45. The summed E-state index contributed by atoms with van der Waals surface area (Å²) < 4.78 is 5.73. The van der Waals surface area contributed by atoms with Crippen molar-refractivity contribution in [1.29, 1.82) is 0 Å². The Hall–Kier alpha value is -1.82.